The minimum Gasteiger partial charge on any atom is -0.481 e. The third-order valence-electron chi connectivity index (χ3n) is 2.78. The van der Waals surface area contributed by atoms with E-state index in [1.165, 1.54) is 44.9 Å². The van der Waals surface area contributed by atoms with Crippen molar-refractivity contribution in [2.45, 2.75) is 51.9 Å². The van der Waals surface area contributed by atoms with Crippen molar-refractivity contribution < 1.29 is 4.74 Å². The first-order chi connectivity index (χ1) is 6.34. The van der Waals surface area contributed by atoms with Gasteiger partial charge in [-0.3, -0.25) is 5.41 Å². The highest BCUT2D eigenvalue weighted by molar-refractivity contribution is 5.75. The summed E-state index contributed by atoms with van der Waals surface area (Å²) in [5.74, 6) is 0.949. The molecule has 0 aromatic heterocycles. The van der Waals surface area contributed by atoms with Gasteiger partial charge in [-0.1, -0.05) is 32.1 Å². The molecular weight excluding hydrogens is 162 g/mol. The van der Waals surface area contributed by atoms with E-state index >= 15 is 0 Å². The minimum atomic E-state index is 0.417. The Morgan fingerprint density at radius 3 is 2.23 bits per heavy atom. The van der Waals surface area contributed by atoms with Gasteiger partial charge in [-0.25, -0.2) is 0 Å². The van der Waals surface area contributed by atoms with Gasteiger partial charge in [0.15, 0.2) is 5.90 Å². The van der Waals surface area contributed by atoms with Crippen molar-refractivity contribution in [1.29, 1.82) is 5.41 Å². The van der Waals surface area contributed by atoms with Crippen molar-refractivity contribution in [3.05, 3.63) is 0 Å². The monoisotopic (exact) mass is 183 g/mol. The highest BCUT2D eigenvalue weighted by atomic mass is 16.5. The van der Waals surface area contributed by atoms with Gasteiger partial charge in [0.2, 0.25) is 0 Å². The van der Waals surface area contributed by atoms with Crippen LogP contribution >= 0.6 is 0 Å². The molecule has 2 heteroatoms. The van der Waals surface area contributed by atoms with Gasteiger partial charge < -0.3 is 4.74 Å². The molecule has 0 aliphatic heterocycles. The molecule has 0 atom stereocenters. The Labute approximate surface area is 81.2 Å². The molecule has 0 spiro atoms. The van der Waals surface area contributed by atoms with Crippen LogP contribution in [0.3, 0.4) is 0 Å². The maximum absolute atomic E-state index is 7.73. The van der Waals surface area contributed by atoms with Gasteiger partial charge in [-0.2, -0.15) is 0 Å². The first kappa shape index (κ1) is 10.6. The summed E-state index contributed by atoms with van der Waals surface area (Å²) in [6.45, 7) is 2.60. The molecule has 0 radical (unpaired) electrons. The van der Waals surface area contributed by atoms with Crippen LogP contribution < -0.4 is 0 Å². The fraction of sp³-hybridized carbons (Fsp3) is 0.909. The molecule has 0 aromatic rings. The van der Waals surface area contributed by atoms with Crippen molar-refractivity contribution in [1.82, 2.24) is 0 Å². The summed E-state index contributed by atoms with van der Waals surface area (Å²) < 4.78 is 5.26. The summed E-state index contributed by atoms with van der Waals surface area (Å²) in [5.41, 5.74) is 0. The Morgan fingerprint density at radius 1 is 1.15 bits per heavy atom. The molecule has 0 heterocycles. The summed E-state index contributed by atoms with van der Waals surface area (Å²) in [6.07, 6.45) is 8.96. The van der Waals surface area contributed by atoms with Crippen LogP contribution in [-0.2, 0) is 4.74 Å². The van der Waals surface area contributed by atoms with Gasteiger partial charge in [0.05, 0.1) is 6.61 Å². The second-order valence-electron chi connectivity index (χ2n) is 3.84. The third kappa shape index (κ3) is 3.79. The second-order valence-corrected chi connectivity index (χ2v) is 3.84. The molecule has 0 aromatic carbocycles. The highest BCUT2D eigenvalue weighted by Crippen LogP contribution is 2.23. The van der Waals surface area contributed by atoms with E-state index in [4.69, 9.17) is 10.1 Å². The van der Waals surface area contributed by atoms with Crippen LogP contribution in [0.4, 0.5) is 0 Å². The predicted molar refractivity (Wildman–Crippen MR) is 55.2 cm³/mol. The molecule has 13 heavy (non-hydrogen) atoms. The third-order valence-corrected chi connectivity index (χ3v) is 2.78. The van der Waals surface area contributed by atoms with E-state index in [2.05, 4.69) is 0 Å². The number of ether oxygens (including phenoxy) is 1. The van der Waals surface area contributed by atoms with Crippen molar-refractivity contribution in [2.24, 2.45) is 5.92 Å². The van der Waals surface area contributed by atoms with Crippen molar-refractivity contribution in [3.8, 4) is 0 Å². The maximum Gasteiger partial charge on any atom is 0.183 e. The van der Waals surface area contributed by atoms with E-state index in [0.717, 1.165) is 0 Å². The van der Waals surface area contributed by atoms with Crippen LogP contribution in [0, 0.1) is 11.3 Å². The Hall–Kier alpha value is -0.530. The van der Waals surface area contributed by atoms with E-state index < -0.39 is 0 Å². The molecule has 1 aliphatic rings. The highest BCUT2D eigenvalue weighted by Gasteiger charge is 2.16. The van der Waals surface area contributed by atoms with Crippen LogP contribution in [0.5, 0.6) is 0 Å². The fourth-order valence-electron chi connectivity index (χ4n) is 1.99. The Balaban J connectivity index is 2.32. The molecule has 0 unspecified atom stereocenters. The van der Waals surface area contributed by atoms with Crippen molar-refractivity contribution in [3.63, 3.8) is 0 Å². The Morgan fingerprint density at radius 2 is 1.69 bits per heavy atom. The fourth-order valence-corrected chi connectivity index (χ4v) is 1.99. The largest absolute Gasteiger partial charge is 0.481 e. The SMILES string of the molecule is CCOC(=N)C1CCCCCCC1. The summed E-state index contributed by atoms with van der Waals surface area (Å²) in [7, 11) is 0. The zero-order valence-electron chi connectivity index (χ0n) is 8.64. The quantitative estimate of drug-likeness (QED) is 0.517. The summed E-state index contributed by atoms with van der Waals surface area (Å²) in [6, 6.07) is 0. The zero-order valence-corrected chi connectivity index (χ0v) is 8.64. The number of nitrogens with one attached hydrogen (secondary N) is 1. The van der Waals surface area contributed by atoms with Crippen LogP contribution in [0.15, 0.2) is 0 Å². The Kier molecular flexibility index (Phi) is 4.87. The van der Waals surface area contributed by atoms with E-state index in [9.17, 15) is 0 Å². The maximum atomic E-state index is 7.73. The average Bonchev–Trinajstić information content (AvgIpc) is 2.03. The van der Waals surface area contributed by atoms with Crippen LogP contribution in [0.25, 0.3) is 0 Å². The van der Waals surface area contributed by atoms with Crippen molar-refractivity contribution >= 4 is 5.90 Å². The number of rotatable bonds is 2. The molecule has 0 amide bonds. The van der Waals surface area contributed by atoms with Gasteiger partial charge in [0.25, 0.3) is 0 Å². The molecule has 1 fully saturated rings. The lowest BCUT2D eigenvalue weighted by molar-refractivity contribution is 0.281. The smallest absolute Gasteiger partial charge is 0.183 e. The Bertz CT molecular complexity index is 148. The van der Waals surface area contributed by atoms with Crippen LogP contribution in [0.1, 0.15) is 51.9 Å². The first-order valence-electron chi connectivity index (χ1n) is 5.56. The predicted octanol–water partition coefficient (Wildman–Crippen LogP) is 3.36. The normalized spacial score (nSPS) is 20.4. The molecule has 1 rings (SSSR count). The number of hydrogen-bond donors (Lipinski definition) is 1. The summed E-state index contributed by atoms with van der Waals surface area (Å²) >= 11 is 0. The zero-order chi connectivity index (χ0) is 9.52. The molecule has 1 saturated carbocycles. The van der Waals surface area contributed by atoms with Crippen LogP contribution in [-0.4, -0.2) is 12.5 Å². The van der Waals surface area contributed by atoms with E-state index in [1.54, 1.807) is 0 Å². The van der Waals surface area contributed by atoms with Gasteiger partial charge in [0.1, 0.15) is 0 Å². The van der Waals surface area contributed by atoms with Crippen molar-refractivity contribution in [2.75, 3.05) is 6.61 Å². The van der Waals surface area contributed by atoms with E-state index in [-0.39, 0.29) is 0 Å². The standard InChI is InChI=1S/C11H21NO/c1-2-13-11(12)10-8-6-4-3-5-7-9-10/h10,12H,2-9H2,1H3. The second kappa shape index (κ2) is 6.01. The summed E-state index contributed by atoms with van der Waals surface area (Å²) in [4.78, 5) is 0. The van der Waals surface area contributed by atoms with Gasteiger partial charge in [-0.15, -0.1) is 0 Å². The van der Waals surface area contributed by atoms with E-state index in [1.807, 2.05) is 6.92 Å². The lowest BCUT2D eigenvalue weighted by atomic mass is 9.91. The van der Waals surface area contributed by atoms with Crippen LogP contribution in [0.2, 0.25) is 0 Å². The molecule has 0 saturated heterocycles. The topological polar surface area (TPSA) is 33.1 Å². The first-order valence-corrected chi connectivity index (χ1v) is 5.56. The molecule has 2 nitrogen and oxygen atoms in total. The van der Waals surface area contributed by atoms with Gasteiger partial charge in [0, 0.05) is 5.92 Å². The minimum absolute atomic E-state index is 0.417. The molecule has 1 aliphatic carbocycles. The molecule has 0 bridgehead atoms. The average molecular weight is 183 g/mol. The van der Waals surface area contributed by atoms with E-state index in [0.29, 0.717) is 18.4 Å². The van der Waals surface area contributed by atoms with Gasteiger partial charge >= 0.3 is 0 Å². The summed E-state index contributed by atoms with van der Waals surface area (Å²) in [5, 5.41) is 7.73. The lowest BCUT2D eigenvalue weighted by Gasteiger charge is -2.19. The van der Waals surface area contributed by atoms with Gasteiger partial charge in [-0.05, 0) is 19.8 Å². The molecular formula is C11H21NO. The molecule has 1 N–H and O–H groups in total. The lowest BCUT2D eigenvalue weighted by Crippen LogP contribution is -2.18. The number of hydrogen-bond acceptors (Lipinski definition) is 2. The molecule has 76 valence electrons.